The molecular weight excluding hydrogens is 349 g/mol. The molecule has 0 spiro atoms. The van der Waals surface area contributed by atoms with Crippen molar-refractivity contribution in [2.45, 2.75) is 0 Å². The number of hydrogen-bond acceptors (Lipinski definition) is 3. The molecule has 1 amide bonds. The second kappa shape index (κ2) is 5.17. The van der Waals surface area contributed by atoms with E-state index in [0.29, 0.717) is 5.56 Å². The van der Waals surface area contributed by atoms with Gasteiger partial charge in [0.25, 0.3) is 5.91 Å². The highest BCUT2D eigenvalue weighted by Crippen LogP contribution is 2.10. The third-order valence-corrected chi connectivity index (χ3v) is 2.88. The summed E-state index contributed by atoms with van der Waals surface area (Å²) in [5.74, 6) is -1.29. The van der Waals surface area contributed by atoms with Crippen molar-refractivity contribution in [3.63, 3.8) is 0 Å². The maximum atomic E-state index is 11.8. The lowest BCUT2D eigenvalue weighted by Crippen LogP contribution is -2.12. The van der Waals surface area contributed by atoms with Crippen LogP contribution in [0.1, 0.15) is 20.8 Å². The highest BCUT2D eigenvalue weighted by Gasteiger charge is 2.11. The van der Waals surface area contributed by atoms with Gasteiger partial charge in [-0.1, -0.05) is 0 Å². The van der Waals surface area contributed by atoms with Gasteiger partial charge in [-0.05, 0) is 46.9 Å². The highest BCUT2D eigenvalue weighted by molar-refractivity contribution is 14.1. The van der Waals surface area contributed by atoms with E-state index >= 15 is 0 Å². The molecule has 6 nitrogen and oxygen atoms in total. The molecule has 0 saturated heterocycles. The fraction of sp³-hybridized carbons (Fsp3) is 0. The van der Waals surface area contributed by atoms with Crippen LogP contribution in [-0.4, -0.2) is 27.2 Å². The average molecular weight is 357 g/mol. The number of aromatic nitrogens is 2. The number of halogens is 1. The first-order chi connectivity index (χ1) is 8.56. The first kappa shape index (κ1) is 12.6. The number of benzene rings is 1. The Kier molecular flexibility index (Phi) is 3.60. The summed E-state index contributed by atoms with van der Waals surface area (Å²) in [5.41, 5.74) is 0.406. The SMILES string of the molecule is O=C(Nc1cc(C(=O)O)[nH]n1)c1ccc(I)cc1. The highest BCUT2D eigenvalue weighted by atomic mass is 127. The quantitative estimate of drug-likeness (QED) is 0.732. The molecule has 3 N–H and O–H groups in total. The number of aromatic carboxylic acids is 1. The molecule has 1 heterocycles. The van der Waals surface area contributed by atoms with E-state index < -0.39 is 5.97 Å². The van der Waals surface area contributed by atoms with E-state index in [1.807, 2.05) is 12.1 Å². The lowest BCUT2D eigenvalue weighted by Gasteiger charge is -2.01. The lowest BCUT2D eigenvalue weighted by atomic mass is 10.2. The van der Waals surface area contributed by atoms with Gasteiger partial charge in [-0.15, -0.1) is 0 Å². The van der Waals surface area contributed by atoms with Gasteiger partial charge < -0.3 is 10.4 Å². The topological polar surface area (TPSA) is 95.1 Å². The van der Waals surface area contributed by atoms with Crippen LogP contribution in [0.4, 0.5) is 5.82 Å². The summed E-state index contributed by atoms with van der Waals surface area (Å²) >= 11 is 2.14. The minimum absolute atomic E-state index is 0.0760. The number of carbonyl (C=O) groups is 2. The molecule has 0 atom stereocenters. The maximum absolute atomic E-state index is 11.8. The predicted molar refractivity (Wildman–Crippen MR) is 72.7 cm³/mol. The van der Waals surface area contributed by atoms with E-state index in [0.717, 1.165) is 3.57 Å². The van der Waals surface area contributed by atoms with Gasteiger partial charge in [0.15, 0.2) is 5.82 Å². The maximum Gasteiger partial charge on any atom is 0.353 e. The van der Waals surface area contributed by atoms with E-state index in [2.05, 4.69) is 38.1 Å². The molecule has 18 heavy (non-hydrogen) atoms. The zero-order valence-corrected chi connectivity index (χ0v) is 11.1. The standard InChI is InChI=1S/C11H8IN3O3/c12-7-3-1-6(2-4-7)10(16)13-9-5-8(11(17)18)14-15-9/h1-5H,(H,17,18)(H2,13,14,15,16). The van der Waals surface area contributed by atoms with Crippen LogP contribution in [0, 0.1) is 3.57 Å². The van der Waals surface area contributed by atoms with Crippen LogP contribution in [0.5, 0.6) is 0 Å². The minimum Gasteiger partial charge on any atom is -0.477 e. The molecule has 0 radical (unpaired) electrons. The molecule has 0 aliphatic rings. The second-order valence-electron chi connectivity index (χ2n) is 3.43. The predicted octanol–water partition coefficient (Wildman–Crippen LogP) is 1.96. The summed E-state index contributed by atoms with van der Waals surface area (Å²) in [6.45, 7) is 0. The van der Waals surface area contributed by atoms with Crippen LogP contribution in [0.2, 0.25) is 0 Å². The van der Waals surface area contributed by atoms with Crippen molar-refractivity contribution >= 4 is 40.3 Å². The van der Waals surface area contributed by atoms with Crippen molar-refractivity contribution < 1.29 is 14.7 Å². The van der Waals surface area contributed by atoms with Crippen molar-refractivity contribution in [3.8, 4) is 0 Å². The molecule has 0 aliphatic heterocycles. The van der Waals surface area contributed by atoms with Gasteiger partial charge in [-0.25, -0.2) is 4.79 Å². The van der Waals surface area contributed by atoms with Crippen LogP contribution < -0.4 is 5.32 Å². The summed E-state index contributed by atoms with van der Waals surface area (Å²) in [6, 6.07) is 8.24. The molecule has 1 aromatic heterocycles. The Hall–Kier alpha value is -1.90. The number of rotatable bonds is 3. The third-order valence-electron chi connectivity index (χ3n) is 2.16. The van der Waals surface area contributed by atoms with E-state index in [9.17, 15) is 9.59 Å². The number of carboxylic acid groups (broad SMARTS) is 1. The fourth-order valence-electron chi connectivity index (χ4n) is 1.29. The average Bonchev–Trinajstić information content (AvgIpc) is 2.78. The number of aromatic amines is 1. The first-order valence-electron chi connectivity index (χ1n) is 4.92. The van der Waals surface area contributed by atoms with Gasteiger partial charge in [0.1, 0.15) is 5.69 Å². The Labute approximate surface area is 116 Å². The number of nitrogens with zero attached hydrogens (tertiary/aromatic N) is 1. The van der Waals surface area contributed by atoms with Gasteiger partial charge in [-0.2, -0.15) is 5.10 Å². The van der Waals surface area contributed by atoms with Crippen molar-refractivity contribution in [2.24, 2.45) is 0 Å². The zero-order chi connectivity index (χ0) is 13.1. The van der Waals surface area contributed by atoms with Crippen LogP contribution in [0.3, 0.4) is 0 Å². The molecule has 7 heteroatoms. The minimum atomic E-state index is -1.13. The van der Waals surface area contributed by atoms with Crippen LogP contribution in [0.25, 0.3) is 0 Å². The van der Waals surface area contributed by atoms with Crippen LogP contribution in [-0.2, 0) is 0 Å². The van der Waals surface area contributed by atoms with Crippen molar-refractivity contribution in [1.29, 1.82) is 0 Å². The molecule has 1 aromatic carbocycles. The molecule has 0 fully saturated rings. The van der Waals surface area contributed by atoms with Gasteiger partial charge in [0.05, 0.1) is 0 Å². The normalized spacial score (nSPS) is 10.1. The molecule has 0 bridgehead atoms. The monoisotopic (exact) mass is 357 g/mol. The van der Waals surface area contributed by atoms with E-state index in [-0.39, 0.29) is 17.4 Å². The van der Waals surface area contributed by atoms with E-state index in [1.54, 1.807) is 12.1 Å². The first-order valence-corrected chi connectivity index (χ1v) is 6.00. The van der Waals surface area contributed by atoms with E-state index in [4.69, 9.17) is 5.11 Å². The van der Waals surface area contributed by atoms with Crippen LogP contribution >= 0.6 is 22.6 Å². The molecular formula is C11H8IN3O3. The molecule has 0 aliphatic carbocycles. The largest absolute Gasteiger partial charge is 0.477 e. The number of carboxylic acids is 1. The summed E-state index contributed by atoms with van der Waals surface area (Å²) in [5, 5.41) is 17.2. The molecule has 2 rings (SSSR count). The number of nitrogens with one attached hydrogen (secondary N) is 2. The molecule has 2 aromatic rings. The Balaban J connectivity index is 2.11. The molecule has 0 unspecified atom stereocenters. The van der Waals surface area contributed by atoms with Crippen molar-refractivity contribution in [3.05, 3.63) is 45.2 Å². The Bertz CT molecular complexity index is 592. The molecule has 0 saturated carbocycles. The number of anilines is 1. The third kappa shape index (κ3) is 2.86. The number of amides is 1. The van der Waals surface area contributed by atoms with Crippen molar-refractivity contribution in [1.82, 2.24) is 10.2 Å². The number of H-pyrrole nitrogens is 1. The summed E-state index contributed by atoms with van der Waals surface area (Å²) in [4.78, 5) is 22.4. The Morgan fingerprint density at radius 3 is 2.50 bits per heavy atom. The van der Waals surface area contributed by atoms with Gasteiger partial charge >= 0.3 is 5.97 Å². The van der Waals surface area contributed by atoms with Crippen LogP contribution in [0.15, 0.2) is 30.3 Å². The second-order valence-corrected chi connectivity index (χ2v) is 4.68. The smallest absolute Gasteiger partial charge is 0.353 e. The summed E-state index contributed by atoms with van der Waals surface area (Å²) in [6.07, 6.45) is 0. The fourth-order valence-corrected chi connectivity index (χ4v) is 1.64. The van der Waals surface area contributed by atoms with Gasteiger partial charge in [0.2, 0.25) is 0 Å². The van der Waals surface area contributed by atoms with Gasteiger partial charge in [0, 0.05) is 15.2 Å². The van der Waals surface area contributed by atoms with Crippen molar-refractivity contribution in [2.75, 3.05) is 5.32 Å². The Morgan fingerprint density at radius 1 is 1.28 bits per heavy atom. The number of hydrogen-bond donors (Lipinski definition) is 3. The number of carbonyl (C=O) groups excluding carboxylic acids is 1. The molecule has 92 valence electrons. The Morgan fingerprint density at radius 2 is 1.94 bits per heavy atom. The van der Waals surface area contributed by atoms with E-state index in [1.165, 1.54) is 6.07 Å². The summed E-state index contributed by atoms with van der Waals surface area (Å²) < 4.78 is 1.03. The summed E-state index contributed by atoms with van der Waals surface area (Å²) in [7, 11) is 0. The van der Waals surface area contributed by atoms with Gasteiger partial charge in [-0.3, -0.25) is 9.89 Å². The lowest BCUT2D eigenvalue weighted by molar-refractivity contribution is 0.0690. The zero-order valence-electron chi connectivity index (χ0n) is 8.98.